The second-order valence-electron chi connectivity index (χ2n) is 7.77. The summed E-state index contributed by atoms with van der Waals surface area (Å²) in [6.45, 7) is 4.89. The Morgan fingerprint density at radius 1 is 1.08 bits per heavy atom. The number of piperidine rings is 1. The third-order valence-corrected chi connectivity index (χ3v) is 5.90. The summed E-state index contributed by atoms with van der Waals surface area (Å²) >= 11 is 0. The molecule has 1 N–H and O–H groups in total. The zero-order chi connectivity index (χ0) is 18.1. The Kier molecular flexibility index (Phi) is 4.77. The van der Waals surface area contributed by atoms with Crippen molar-refractivity contribution in [3.05, 3.63) is 65.0 Å². The van der Waals surface area contributed by atoms with Crippen LogP contribution in [0.25, 0.3) is 0 Å². The van der Waals surface area contributed by atoms with Gasteiger partial charge in [0, 0.05) is 30.4 Å². The molecule has 0 spiro atoms. The van der Waals surface area contributed by atoms with Crippen molar-refractivity contribution in [2.24, 2.45) is 0 Å². The van der Waals surface area contributed by atoms with E-state index in [1.54, 1.807) is 0 Å². The van der Waals surface area contributed by atoms with E-state index in [1.807, 2.05) is 26.0 Å². The Morgan fingerprint density at radius 3 is 2.42 bits per heavy atom. The van der Waals surface area contributed by atoms with E-state index in [0.29, 0.717) is 17.6 Å². The first kappa shape index (κ1) is 17.2. The lowest BCUT2D eigenvalue weighted by Crippen LogP contribution is -2.50. The van der Waals surface area contributed by atoms with Crippen LogP contribution in [0.1, 0.15) is 53.0 Å². The monoisotopic (exact) mass is 349 g/mol. The standard InChI is InChI=1S/C22H27N3O/c1-15-8-11-21(16(2)23-15)22(26)24-18-12-19-9-10-20(13-18)25(19)14-17-6-4-3-5-7-17/h3-8,11,18-20H,9-10,12-14H2,1-2H3,(H,24,26). The maximum absolute atomic E-state index is 12.7. The number of carbonyl (C=O) groups excluding carboxylic acids is 1. The Balaban J connectivity index is 1.40. The topological polar surface area (TPSA) is 45.2 Å². The molecule has 136 valence electrons. The predicted molar refractivity (Wildman–Crippen MR) is 103 cm³/mol. The van der Waals surface area contributed by atoms with E-state index in [9.17, 15) is 4.79 Å². The smallest absolute Gasteiger partial charge is 0.253 e. The van der Waals surface area contributed by atoms with E-state index >= 15 is 0 Å². The average molecular weight is 349 g/mol. The summed E-state index contributed by atoms with van der Waals surface area (Å²) in [5.74, 6) is 0.0240. The van der Waals surface area contributed by atoms with Crippen LogP contribution in [0.2, 0.25) is 0 Å². The van der Waals surface area contributed by atoms with Gasteiger partial charge in [0.2, 0.25) is 0 Å². The first-order valence-corrected chi connectivity index (χ1v) is 9.65. The molecule has 1 aromatic carbocycles. The molecule has 2 saturated heterocycles. The van der Waals surface area contributed by atoms with Gasteiger partial charge in [-0.1, -0.05) is 30.3 Å². The van der Waals surface area contributed by atoms with E-state index in [2.05, 4.69) is 45.5 Å². The SMILES string of the molecule is Cc1ccc(C(=O)NC2CC3CCC(C2)N3Cc2ccccc2)c(C)n1. The number of aryl methyl sites for hydroxylation is 2. The summed E-state index contributed by atoms with van der Waals surface area (Å²) in [4.78, 5) is 19.8. The van der Waals surface area contributed by atoms with Crippen LogP contribution >= 0.6 is 0 Å². The Morgan fingerprint density at radius 2 is 1.77 bits per heavy atom. The van der Waals surface area contributed by atoms with E-state index in [-0.39, 0.29) is 11.9 Å². The van der Waals surface area contributed by atoms with Crippen molar-refractivity contribution in [1.82, 2.24) is 15.2 Å². The number of amides is 1. The summed E-state index contributed by atoms with van der Waals surface area (Å²) in [6.07, 6.45) is 4.59. The molecule has 4 rings (SSSR count). The molecule has 0 saturated carbocycles. The van der Waals surface area contributed by atoms with Crippen LogP contribution in [0.15, 0.2) is 42.5 Å². The molecular formula is C22H27N3O. The summed E-state index contributed by atoms with van der Waals surface area (Å²) in [6, 6.07) is 16.0. The lowest BCUT2D eigenvalue weighted by Gasteiger charge is -2.39. The molecule has 2 aliphatic heterocycles. The second kappa shape index (κ2) is 7.20. The minimum atomic E-state index is 0.0240. The number of rotatable bonds is 4. The average Bonchev–Trinajstić information content (AvgIpc) is 2.85. The minimum Gasteiger partial charge on any atom is -0.349 e. The summed E-state index contributed by atoms with van der Waals surface area (Å²) < 4.78 is 0. The first-order chi connectivity index (χ1) is 12.6. The fourth-order valence-corrected chi connectivity index (χ4v) is 4.63. The van der Waals surface area contributed by atoms with Gasteiger partial charge in [-0.05, 0) is 57.2 Å². The Bertz CT molecular complexity index is 775. The highest BCUT2D eigenvalue weighted by molar-refractivity contribution is 5.95. The van der Waals surface area contributed by atoms with Gasteiger partial charge < -0.3 is 5.32 Å². The molecule has 1 amide bonds. The number of nitrogens with one attached hydrogen (secondary N) is 1. The molecule has 2 fully saturated rings. The highest BCUT2D eigenvalue weighted by atomic mass is 16.1. The van der Waals surface area contributed by atoms with Gasteiger partial charge in [0.25, 0.3) is 5.91 Å². The predicted octanol–water partition coefficient (Wildman–Crippen LogP) is 3.62. The largest absolute Gasteiger partial charge is 0.349 e. The maximum atomic E-state index is 12.7. The number of hydrogen-bond donors (Lipinski definition) is 1. The molecule has 2 atom stereocenters. The van der Waals surface area contributed by atoms with Gasteiger partial charge in [-0.3, -0.25) is 14.7 Å². The zero-order valence-corrected chi connectivity index (χ0v) is 15.6. The van der Waals surface area contributed by atoms with Crippen LogP contribution < -0.4 is 5.32 Å². The van der Waals surface area contributed by atoms with Crippen molar-refractivity contribution < 1.29 is 4.79 Å². The van der Waals surface area contributed by atoms with Crippen molar-refractivity contribution in [2.45, 2.75) is 64.2 Å². The molecule has 2 bridgehead atoms. The number of carbonyl (C=O) groups is 1. The molecule has 0 aliphatic carbocycles. The van der Waals surface area contributed by atoms with E-state index in [1.165, 1.54) is 18.4 Å². The van der Waals surface area contributed by atoms with Gasteiger partial charge >= 0.3 is 0 Å². The molecular weight excluding hydrogens is 322 g/mol. The van der Waals surface area contributed by atoms with Crippen molar-refractivity contribution in [3.8, 4) is 0 Å². The molecule has 3 heterocycles. The third-order valence-electron chi connectivity index (χ3n) is 5.90. The zero-order valence-electron chi connectivity index (χ0n) is 15.6. The van der Waals surface area contributed by atoms with Crippen LogP contribution in [0, 0.1) is 13.8 Å². The van der Waals surface area contributed by atoms with Gasteiger partial charge in [-0.15, -0.1) is 0 Å². The highest BCUT2D eigenvalue weighted by Gasteiger charge is 2.40. The number of aromatic nitrogens is 1. The van der Waals surface area contributed by atoms with E-state index < -0.39 is 0 Å². The third kappa shape index (κ3) is 3.51. The minimum absolute atomic E-state index is 0.0240. The second-order valence-corrected chi connectivity index (χ2v) is 7.77. The maximum Gasteiger partial charge on any atom is 0.253 e. The van der Waals surface area contributed by atoms with Crippen molar-refractivity contribution in [1.29, 1.82) is 0 Å². The number of pyridine rings is 1. The molecule has 0 radical (unpaired) electrons. The lowest BCUT2D eigenvalue weighted by atomic mass is 9.96. The van der Waals surface area contributed by atoms with Gasteiger partial charge in [0.15, 0.2) is 0 Å². The lowest BCUT2D eigenvalue weighted by molar-refractivity contribution is 0.0827. The van der Waals surface area contributed by atoms with Crippen LogP contribution in [0.4, 0.5) is 0 Å². The summed E-state index contributed by atoms with van der Waals surface area (Å²) in [5, 5.41) is 3.28. The molecule has 2 aliphatic rings. The van der Waals surface area contributed by atoms with Crippen LogP contribution in [-0.4, -0.2) is 33.9 Å². The van der Waals surface area contributed by atoms with Gasteiger partial charge in [0.1, 0.15) is 0 Å². The van der Waals surface area contributed by atoms with Crippen molar-refractivity contribution in [3.63, 3.8) is 0 Å². The molecule has 4 nitrogen and oxygen atoms in total. The number of nitrogens with zero attached hydrogens (tertiary/aromatic N) is 2. The van der Waals surface area contributed by atoms with Crippen LogP contribution in [0.3, 0.4) is 0 Å². The normalized spacial score (nSPS) is 25.2. The fourth-order valence-electron chi connectivity index (χ4n) is 4.63. The van der Waals surface area contributed by atoms with Crippen molar-refractivity contribution >= 4 is 5.91 Å². The molecule has 4 heteroatoms. The fraction of sp³-hybridized carbons (Fsp3) is 0.455. The van der Waals surface area contributed by atoms with Crippen LogP contribution in [-0.2, 0) is 6.54 Å². The van der Waals surface area contributed by atoms with Gasteiger partial charge in [-0.2, -0.15) is 0 Å². The number of benzene rings is 1. The van der Waals surface area contributed by atoms with Gasteiger partial charge in [0.05, 0.1) is 11.3 Å². The Hall–Kier alpha value is -2.20. The molecule has 26 heavy (non-hydrogen) atoms. The first-order valence-electron chi connectivity index (χ1n) is 9.65. The van der Waals surface area contributed by atoms with E-state index in [0.717, 1.165) is 30.8 Å². The van der Waals surface area contributed by atoms with Crippen LogP contribution in [0.5, 0.6) is 0 Å². The van der Waals surface area contributed by atoms with Gasteiger partial charge in [-0.25, -0.2) is 0 Å². The number of hydrogen-bond acceptors (Lipinski definition) is 3. The Labute approximate surface area is 155 Å². The molecule has 2 unspecified atom stereocenters. The molecule has 1 aromatic heterocycles. The van der Waals surface area contributed by atoms with E-state index in [4.69, 9.17) is 0 Å². The molecule has 2 aromatic rings. The summed E-state index contributed by atoms with van der Waals surface area (Å²) in [7, 11) is 0. The van der Waals surface area contributed by atoms with Crippen molar-refractivity contribution in [2.75, 3.05) is 0 Å². The number of fused-ring (bicyclic) bond motifs is 2. The quantitative estimate of drug-likeness (QED) is 0.917. The highest BCUT2D eigenvalue weighted by Crippen LogP contribution is 2.37. The summed E-state index contributed by atoms with van der Waals surface area (Å²) in [5.41, 5.74) is 3.85.